The molecule has 0 aliphatic carbocycles. The Hall–Kier alpha value is -1.94. The molecule has 5 heteroatoms. The molecule has 106 valence electrons. The molecule has 0 aliphatic heterocycles. The molecule has 2 rings (SSSR count). The Labute approximate surface area is 123 Å². The highest BCUT2D eigenvalue weighted by molar-refractivity contribution is 6.33. The molecule has 0 unspecified atom stereocenters. The molecule has 20 heavy (non-hydrogen) atoms. The summed E-state index contributed by atoms with van der Waals surface area (Å²) < 4.78 is 2.11. The quantitative estimate of drug-likeness (QED) is 0.889. The Kier molecular flexibility index (Phi) is 4.69. The minimum atomic E-state index is -0.123. The smallest absolute Gasteiger partial charge is 0.251 e. The summed E-state index contributed by atoms with van der Waals surface area (Å²) >= 11 is 6.14. The summed E-state index contributed by atoms with van der Waals surface area (Å²) in [6.07, 6.45) is 4.13. The summed E-state index contributed by atoms with van der Waals surface area (Å²) in [4.78, 5) is 11.6. The number of aromatic nitrogens is 1. The molecule has 1 amide bonds. The van der Waals surface area contributed by atoms with Gasteiger partial charge in [0.2, 0.25) is 0 Å². The lowest BCUT2D eigenvalue weighted by molar-refractivity contribution is 0.0963. The number of carbonyl (C=O) groups is 1. The first-order valence-electron chi connectivity index (χ1n) is 6.54. The van der Waals surface area contributed by atoms with Crippen LogP contribution in [-0.2, 0) is 13.1 Å². The van der Waals surface area contributed by atoms with E-state index in [1.807, 2.05) is 6.20 Å². The number of aryl methyl sites for hydroxylation is 1. The van der Waals surface area contributed by atoms with Gasteiger partial charge in [-0.05, 0) is 36.8 Å². The number of amides is 1. The Bertz CT molecular complexity index is 607. The van der Waals surface area contributed by atoms with Crippen molar-refractivity contribution in [3.8, 4) is 0 Å². The van der Waals surface area contributed by atoms with E-state index in [4.69, 9.17) is 11.6 Å². The van der Waals surface area contributed by atoms with Gasteiger partial charge in [-0.15, -0.1) is 0 Å². The number of rotatable bonds is 5. The van der Waals surface area contributed by atoms with Crippen LogP contribution in [0.4, 0.5) is 5.69 Å². The van der Waals surface area contributed by atoms with Gasteiger partial charge >= 0.3 is 0 Å². The van der Waals surface area contributed by atoms with E-state index >= 15 is 0 Å². The SMILES string of the molecule is CCn1ccc(CNc2cc(C(=O)NC)ccc2Cl)c1. The van der Waals surface area contributed by atoms with Crippen LogP contribution in [0.15, 0.2) is 36.7 Å². The number of nitrogens with zero attached hydrogens (tertiary/aromatic N) is 1. The number of hydrogen-bond donors (Lipinski definition) is 2. The predicted molar refractivity (Wildman–Crippen MR) is 82.3 cm³/mol. The predicted octanol–water partition coefficient (Wildman–Crippen LogP) is 3.13. The van der Waals surface area contributed by atoms with E-state index in [0.29, 0.717) is 17.1 Å². The Balaban J connectivity index is 2.10. The van der Waals surface area contributed by atoms with Crippen molar-refractivity contribution in [2.45, 2.75) is 20.0 Å². The third-order valence-corrected chi connectivity index (χ3v) is 3.45. The average molecular weight is 292 g/mol. The molecule has 1 aromatic heterocycles. The van der Waals surface area contributed by atoms with Crippen molar-refractivity contribution >= 4 is 23.2 Å². The van der Waals surface area contributed by atoms with E-state index in [2.05, 4.69) is 34.4 Å². The molecule has 0 bridgehead atoms. The Morgan fingerprint density at radius 1 is 1.35 bits per heavy atom. The first-order chi connectivity index (χ1) is 9.63. The lowest BCUT2D eigenvalue weighted by atomic mass is 10.2. The molecule has 0 spiro atoms. The molecular formula is C15H18ClN3O. The zero-order chi connectivity index (χ0) is 14.5. The van der Waals surface area contributed by atoms with Crippen LogP contribution in [0.1, 0.15) is 22.8 Å². The second kappa shape index (κ2) is 6.48. The highest BCUT2D eigenvalue weighted by Crippen LogP contribution is 2.23. The van der Waals surface area contributed by atoms with Gasteiger partial charge in [0.05, 0.1) is 10.7 Å². The Morgan fingerprint density at radius 2 is 2.15 bits per heavy atom. The number of hydrogen-bond acceptors (Lipinski definition) is 2. The van der Waals surface area contributed by atoms with Crippen LogP contribution in [0.25, 0.3) is 0 Å². The summed E-state index contributed by atoms with van der Waals surface area (Å²) in [5, 5.41) is 6.46. The fraction of sp³-hybridized carbons (Fsp3) is 0.267. The molecule has 0 aliphatic rings. The highest BCUT2D eigenvalue weighted by atomic mass is 35.5. The molecule has 1 heterocycles. The van der Waals surface area contributed by atoms with Gasteiger partial charge in [0.1, 0.15) is 0 Å². The molecule has 0 fully saturated rings. The van der Waals surface area contributed by atoms with Crippen LogP contribution in [-0.4, -0.2) is 17.5 Å². The van der Waals surface area contributed by atoms with Crippen LogP contribution in [0, 0.1) is 0 Å². The van der Waals surface area contributed by atoms with Gasteiger partial charge in [-0.2, -0.15) is 0 Å². The topological polar surface area (TPSA) is 46.1 Å². The first kappa shape index (κ1) is 14.5. The van der Waals surface area contributed by atoms with Crippen molar-refractivity contribution in [2.75, 3.05) is 12.4 Å². The van der Waals surface area contributed by atoms with Crippen molar-refractivity contribution in [3.63, 3.8) is 0 Å². The summed E-state index contributed by atoms with van der Waals surface area (Å²) in [7, 11) is 1.61. The van der Waals surface area contributed by atoms with Crippen LogP contribution in [0.5, 0.6) is 0 Å². The summed E-state index contributed by atoms with van der Waals surface area (Å²) in [6, 6.07) is 7.26. The number of anilines is 1. The Morgan fingerprint density at radius 3 is 2.80 bits per heavy atom. The van der Waals surface area contributed by atoms with Crippen LogP contribution in [0.2, 0.25) is 5.02 Å². The lowest BCUT2D eigenvalue weighted by Gasteiger charge is -2.09. The maximum absolute atomic E-state index is 11.6. The maximum atomic E-state index is 11.6. The van der Waals surface area contributed by atoms with Gasteiger partial charge in [0.25, 0.3) is 5.91 Å². The molecule has 0 saturated heterocycles. The summed E-state index contributed by atoms with van der Waals surface area (Å²) in [5.74, 6) is -0.123. The van der Waals surface area contributed by atoms with E-state index in [9.17, 15) is 4.79 Å². The second-order valence-electron chi connectivity index (χ2n) is 4.48. The van der Waals surface area contributed by atoms with Crippen LogP contribution < -0.4 is 10.6 Å². The fourth-order valence-corrected chi connectivity index (χ4v) is 2.12. The minimum Gasteiger partial charge on any atom is -0.380 e. The first-order valence-corrected chi connectivity index (χ1v) is 6.92. The van der Waals surface area contributed by atoms with Crippen molar-refractivity contribution in [3.05, 3.63) is 52.8 Å². The van der Waals surface area contributed by atoms with Gasteiger partial charge < -0.3 is 15.2 Å². The van der Waals surface area contributed by atoms with Crippen molar-refractivity contribution in [2.24, 2.45) is 0 Å². The standard InChI is InChI=1S/C15H18ClN3O/c1-3-19-7-6-11(10-19)9-18-14-8-12(15(20)17-2)4-5-13(14)16/h4-8,10,18H,3,9H2,1-2H3,(H,17,20). The molecule has 2 aromatic rings. The van der Waals surface area contributed by atoms with Gasteiger partial charge in [-0.1, -0.05) is 11.6 Å². The number of halogens is 1. The molecule has 2 N–H and O–H groups in total. The van der Waals surface area contributed by atoms with E-state index in [-0.39, 0.29) is 5.91 Å². The van der Waals surface area contributed by atoms with Crippen LogP contribution in [0.3, 0.4) is 0 Å². The largest absolute Gasteiger partial charge is 0.380 e. The fourth-order valence-electron chi connectivity index (χ4n) is 1.94. The lowest BCUT2D eigenvalue weighted by Crippen LogP contribution is -2.17. The number of benzene rings is 1. The van der Waals surface area contributed by atoms with E-state index in [1.165, 1.54) is 5.56 Å². The van der Waals surface area contributed by atoms with Crippen molar-refractivity contribution < 1.29 is 4.79 Å². The van der Waals surface area contributed by atoms with Crippen molar-refractivity contribution in [1.29, 1.82) is 0 Å². The number of carbonyl (C=O) groups excluding carboxylic acids is 1. The average Bonchev–Trinajstić information content (AvgIpc) is 2.93. The van der Waals surface area contributed by atoms with Gasteiger partial charge in [-0.3, -0.25) is 4.79 Å². The third-order valence-electron chi connectivity index (χ3n) is 3.12. The highest BCUT2D eigenvalue weighted by Gasteiger charge is 2.07. The normalized spacial score (nSPS) is 10.3. The molecule has 0 radical (unpaired) electrons. The van der Waals surface area contributed by atoms with E-state index < -0.39 is 0 Å². The van der Waals surface area contributed by atoms with E-state index in [0.717, 1.165) is 12.2 Å². The van der Waals surface area contributed by atoms with E-state index in [1.54, 1.807) is 25.2 Å². The maximum Gasteiger partial charge on any atom is 0.251 e. The zero-order valence-electron chi connectivity index (χ0n) is 11.6. The monoisotopic (exact) mass is 291 g/mol. The number of nitrogens with one attached hydrogen (secondary N) is 2. The molecule has 0 saturated carbocycles. The molecule has 4 nitrogen and oxygen atoms in total. The summed E-state index contributed by atoms with van der Waals surface area (Å²) in [6.45, 7) is 3.72. The van der Waals surface area contributed by atoms with Gasteiger partial charge in [0.15, 0.2) is 0 Å². The molecule has 0 atom stereocenters. The van der Waals surface area contributed by atoms with Gasteiger partial charge in [0, 0.05) is 38.1 Å². The van der Waals surface area contributed by atoms with Gasteiger partial charge in [-0.25, -0.2) is 0 Å². The molecule has 1 aromatic carbocycles. The van der Waals surface area contributed by atoms with Crippen LogP contribution >= 0.6 is 11.6 Å². The third kappa shape index (κ3) is 3.33. The zero-order valence-corrected chi connectivity index (χ0v) is 12.4. The summed E-state index contributed by atoms with van der Waals surface area (Å²) in [5.41, 5.74) is 2.52. The molecular weight excluding hydrogens is 274 g/mol. The minimum absolute atomic E-state index is 0.123. The second-order valence-corrected chi connectivity index (χ2v) is 4.88. The van der Waals surface area contributed by atoms with Crippen molar-refractivity contribution in [1.82, 2.24) is 9.88 Å².